The number of rotatable bonds is 2. The minimum absolute atomic E-state index is 0.249. The van der Waals surface area contributed by atoms with E-state index in [2.05, 4.69) is 4.74 Å². The molecule has 0 aromatic heterocycles. The monoisotopic (exact) mass is 277 g/mol. The maximum atomic E-state index is 13.1. The summed E-state index contributed by atoms with van der Waals surface area (Å²) in [6, 6.07) is -1.18. The molecule has 0 saturated carbocycles. The first-order valence-electron chi connectivity index (χ1n) is 4.38. The lowest BCUT2D eigenvalue weighted by atomic mass is 10.1. The Hall–Kier alpha value is -1.51. The second kappa shape index (κ2) is 4.63. The average molecular weight is 277 g/mol. The van der Waals surface area contributed by atoms with E-state index in [-0.39, 0.29) is 6.07 Å². The highest BCUT2D eigenvalue weighted by molar-refractivity contribution is 5.31. The first-order chi connectivity index (χ1) is 8.00. The third-order valence-corrected chi connectivity index (χ3v) is 1.89. The molecule has 18 heavy (non-hydrogen) atoms. The molecule has 0 heterocycles. The summed E-state index contributed by atoms with van der Waals surface area (Å²) in [5, 5.41) is 0. The lowest BCUT2D eigenvalue weighted by Crippen LogP contribution is -2.28. The van der Waals surface area contributed by atoms with Gasteiger partial charge in [-0.15, -0.1) is 13.2 Å². The third-order valence-electron chi connectivity index (χ3n) is 1.89. The molecule has 0 amide bonds. The minimum atomic E-state index is -5.13. The summed E-state index contributed by atoms with van der Waals surface area (Å²) in [5.74, 6) is -2.80. The predicted octanol–water partition coefficient (Wildman–Crippen LogP) is 3.29. The van der Waals surface area contributed by atoms with Gasteiger partial charge in [-0.1, -0.05) is 6.07 Å². The zero-order valence-electron chi connectivity index (χ0n) is 8.44. The van der Waals surface area contributed by atoms with Crippen molar-refractivity contribution in [2.24, 2.45) is 5.73 Å². The fraction of sp³-hybridized carbons (Fsp3) is 0.333. The second-order valence-corrected chi connectivity index (χ2v) is 3.26. The zero-order chi connectivity index (χ0) is 14.1. The summed E-state index contributed by atoms with van der Waals surface area (Å²) >= 11 is 0. The molecule has 0 bridgehead atoms. The van der Waals surface area contributed by atoms with Crippen LogP contribution in [-0.4, -0.2) is 12.5 Å². The number of hydrogen-bond acceptors (Lipinski definition) is 2. The largest absolute Gasteiger partial charge is 0.573 e. The van der Waals surface area contributed by atoms with E-state index >= 15 is 0 Å². The molecule has 1 aromatic carbocycles. The van der Waals surface area contributed by atoms with Crippen molar-refractivity contribution in [1.29, 1.82) is 0 Å². The lowest BCUT2D eigenvalue weighted by Gasteiger charge is -2.17. The van der Waals surface area contributed by atoms with E-state index in [9.17, 15) is 30.7 Å². The zero-order valence-corrected chi connectivity index (χ0v) is 8.44. The van der Waals surface area contributed by atoms with Crippen LogP contribution >= 0.6 is 0 Å². The summed E-state index contributed by atoms with van der Waals surface area (Å²) in [6.07, 6.45) is -9.95. The van der Waals surface area contributed by atoms with Crippen LogP contribution in [0.15, 0.2) is 18.2 Å². The van der Waals surface area contributed by atoms with Gasteiger partial charge in [0.1, 0.15) is 6.04 Å². The Morgan fingerprint density at radius 2 is 1.61 bits per heavy atom. The van der Waals surface area contributed by atoms with Crippen LogP contribution in [0.5, 0.6) is 5.75 Å². The number of nitrogens with two attached hydrogens (primary N) is 1. The quantitative estimate of drug-likeness (QED) is 0.842. The Kier molecular flexibility index (Phi) is 3.75. The summed E-state index contributed by atoms with van der Waals surface area (Å²) in [6.45, 7) is 0. The van der Waals surface area contributed by atoms with Gasteiger partial charge >= 0.3 is 12.5 Å². The minimum Gasteiger partial charge on any atom is -0.403 e. The molecule has 0 saturated heterocycles. The number of halogens is 7. The van der Waals surface area contributed by atoms with E-state index in [0.717, 1.165) is 0 Å². The highest BCUT2D eigenvalue weighted by atomic mass is 19.4. The van der Waals surface area contributed by atoms with Gasteiger partial charge in [-0.05, 0) is 17.7 Å². The van der Waals surface area contributed by atoms with Crippen LogP contribution in [-0.2, 0) is 0 Å². The Morgan fingerprint density at radius 3 is 2.00 bits per heavy atom. The van der Waals surface area contributed by atoms with E-state index in [1.807, 2.05) is 0 Å². The van der Waals surface area contributed by atoms with Gasteiger partial charge in [-0.3, -0.25) is 0 Å². The van der Waals surface area contributed by atoms with Crippen molar-refractivity contribution in [2.45, 2.75) is 18.6 Å². The third kappa shape index (κ3) is 3.76. The van der Waals surface area contributed by atoms with Crippen molar-refractivity contribution >= 4 is 0 Å². The van der Waals surface area contributed by atoms with Crippen LogP contribution in [0, 0.1) is 5.82 Å². The summed E-state index contributed by atoms with van der Waals surface area (Å²) in [7, 11) is 0. The van der Waals surface area contributed by atoms with Gasteiger partial charge in [-0.2, -0.15) is 13.2 Å². The van der Waals surface area contributed by atoms with E-state index in [0.29, 0.717) is 12.1 Å². The van der Waals surface area contributed by atoms with E-state index < -0.39 is 35.7 Å². The number of benzene rings is 1. The van der Waals surface area contributed by atoms with Gasteiger partial charge in [0.15, 0.2) is 11.6 Å². The molecule has 0 spiro atoms. The van der Waals surface area contributed by atoms with Crippen molar-refractivity contribution in [3.8, 4) is 5.75 Å². The maximum Gasteiger partial charge on any atom is 0.573 e. The molecule has 0 unspecified atom stereocenters. The molecule has 0 aliphatic heterocycles. The van der Waals surface area contributed by atoms with Crippen molar-refractivity contribution in [1.82, 2.24) is 0 Å². The Morgan fingerprint density at radius 1 is 1.06 bits per heavy atom. The van der Waals surface area contributed by atoms with Crippen LogP contribution in [0.3, 0.4) is 0 Å². The average Bonchev–Trinajstić information content (AvgIpc) is 2.16. The van der Waals surface area contributed by atoms with Crippen LogP contribution in [0.1, 0.15) is 11.6 Å². The van der Waals surface area contributed by atoms with E-state index in [4.69, 9.17) is 5.73 Å². The first kappa shape index (κ1) is 14.6. The number of hydrogen-bond donors (Lipinski definition) is 1. The molecular weight excluding hydrogens is 271 g/mol. The Balaban J connectivity index is 3.00. The highest BCUT2D eigenvalue weighted by Crippen LogP contribution is 2.33. The summed E-state index contributed by atoms with van der Waals surface area (Å²) in [5.41, 5.74) is 4.06. The molecule has 1 atom stereocenters. The standard InChI is InChI=1S/C9H6F7NO/c10-5-3-4(7(17)8(11,12)13)1-2-6(5)18-9(14,15)16/h1-3,7H,17H2/t7-/m0/s1. The molecule has 1 aromatic rings. The molecule has 0 fully saturated rings. The fourth-order valence-electron chi connectivity index (χ4n) is 1.11. The van der Waals surface area contributed by atoms with Gasteiger partial charge in [0.2, 0.25) is 0 Å². The number of alkyl halides is 6. The van der Waals surface area contributed by atoms with Gasteiger partial charge in [0.25, 0.3) is 0 Å². The van der Waals surface area contributed by atoms with Crippen molar-refractivity contribution in [3.63, 3.8) is 0 Å². The molecule has 0 radical (unpaired) electrons. The van der Waals surface area contributed by atoms with Crippen LogP contribution < -0.4 is 10.5 Å². The van der Waals surface area contributed by atoms with Crippen molar-refractivity contribution in [2.75, 3.05) is 0 Å². The van der Waals surface area contributed by atoms with Crippen molar-refractivity contribution in [3.05, 3.63) is 29.6 Å². The second-order valence-electron chi connectivity index (χ2n) is 3.26. The maximum absolute atomic E-state index is 13.1. The number of ether oxygens (including phenoxy) is 1. The molecule has 1 rings (SSSR count). The summed E-state index contributed by atoms with van der Waals surface area (Å²) < 4.78 is 88.2. The van der Waals surface area contributed by atoms with Gasteiger partial charge in [0.05, 0.1) is 0 Å². The van der Waals surface area contributed by atoms with Crippen LogP contribution in [0.4, 0.5) is 30.7 Å². The van der Waals surface area contributed by atoms with Crippen molar-refractivity contribution < 1.29 is 35.5 Å². The molecule has 0 aliphatic rings. The molecule has 9 heteroatoms. The van der Waals surface area contributed by atoms with E-state index in [1.54, 1.807) is 0 Å². The SMILES string of the molecule is N[C@@H](c1ccc(OC(F)(F)F)c(F)c1)C(F)(F)F. The highest BCUT2D eigenvalue weighted by Gasteiger charge is 2.38. The van der Waals surface area contributed by atoms with Crippen LogP contribution in [0.25, 0.3) is 0 Å². The van der Waals surface area contributed by atoms with Gasteiger partial charge < -0.3 is 10.5 Å². The predicted molar refractivity (Wildman–Crippen MR) is 46.1 cm³/mol. The fourth-order valence-corrected chi connectivity index (χ4v) is 1.11. The molecule has 102 valence electrons. The molecular formula is C9H6F7NO. The molecule has 2 nitrogen and oxygen atoms in total. The first-order valence-corrected chi connectivity index (χ1v) is 4.38. The summed E-state index contributed by atoms with van der Waals surface area (Å²) in [4.78, 5) is 0. The smallest absolute Gasteiger partial charge is 0.403 e. The Bertz CT molecular complexity index is 426. The Labute approximate surface area is 96.1 Å². The van der Waals surface area contributed by atoms with E-state index in [1.165, 1.54) is 0 Å². The van der Waals surface area contributed by atoms with Gasteiger partial charge in [-0.25, -0.2) is 4.39 Å². The topological polar surface area (TPSA) is 35.2 Å². The lowest BCUT2D eigenvalue weighted by molar-refractivity contribution is -0.275. The molecule has 2 N–H and O–H groups in total. The molecule has 0 aliphatic carbocycles. The normalized spacial score (nSPS) is 14.4. The van der Waals surface area contributed by atoms with Crippen LogP contribution in [0.2, 0.25) is 0 Å². The van der Waals surface area contributed by atoms with Gasteiger partial charge in [0, 0.05) is 0 Å².